The van der Waals surface area contributed by atoms with Crippen LogP contribution in [0.5, 0.6) is 0 Å². The molecule has 0 radical (unpaired) electrons. The standard InChI is InChI=1S/C29H25N3O7/c1-29(36)22-11-24-25-19(12-32(24)26(33)21(22)15-38-27(29)34)20(14-37-2)18-10-17(8-9-23(18)31-25)30-28(35)39-13-16-6-4-3-5-7-16/h3-11,36H,12-15H2,1-2H3,(H,30,35)/t29-/m0/s1. The zero-order chi connectivity index (χ0) is 27.3. The number of nitrogens with zero attached hydrogens (tertiary/aromatic N) is 2. The number of benzene rings is 2. The number of ether oxygens (including phenoxy) is 3. The van der Waals surface area contributed by atoms with Crippen LogP contribution < -0.4 is 10.9 Å². The number of cyclic esters (lactones) is 1. The lowest BCUT2D eigenvalue weighted by atomic mass is 9.89. The highest BCUT2D eigenvalue weighted by molar-refractivity contribution is 5.94. The second-order valence-corrected chi connectivity index (χ2v) is 9.73. The van der Waals surface area contributed by atoms with E-state index >= 15 is 0 Å². The normalized spacial score (nSPS) is 17.3. The van der Waals surface area contributed by atoms with Crippen LogP contribution in [0.2, 0.25) is 0 Å². The van der Waals surface area contributed by atoms with Gasteiger partial charge in [-0.1, -0.05) is 30.3 Å². The van der Waals surface area contributed by atoms with Gasteiger partial charge in [0.1, 0.15) is 13.2 Å². The molecule has 0 saturated heterocycles. The monoisotopic (exact) mass is 527 g/mol. The molecule has 2 aliphatic rings. The first-order valence-electron chi connectivity index (χ1n) is 12.4. The first kappa shape index (κ1) is 24.8. The van der Waals surface area contributed by atoms with E-state index in [1.807, 2.05) is 30.3 Å². The van der Waals surface area contributed by atoms with Gasteiger partial charge in [0, 0.05) is 29.3 Å². The first-order valence-corrected chi connectivity index (χ1v) is 12.4. The molecule has 0 aliphatic carbocycles. The van der Waals surface area contributed by atoms with Crippen LogP contribution in [0.25, 0.3) is 22.3 Å². The molecule has 1 amide bonds. The fraction of sp³-hybridized carbons (Fsp3) is 0.241. The number of carbonyl (C=O) groups excluding carboxylic acids is 2. The maximum atomic E-state index is 13.4. The molecule has 0 bridgehead atoms. The van der Waals surface area contributed by atoms with Gasteiger partial charge in [0.15, 0.2) is 5.60 Å². The number of pyridine rings is 2. The number of hydrogen-bond acceptors (Lipinski definition) is 8. The molecule has 0 unspecified atom stereocenters. The SMILES string of the molecule is COCc1c2c(nc3ccc(NC(=O)OCc4ccccc4)cc13)-c1cc3c(c(=O)n1C2)COC(=O)[C@@]3(C)O. The number of amides is 1. The second-order valence-electron chi connectivity index (χ2n) is 9.73. The highest BCUT2D eigenvalue weighted by atomic mass is 16.6. The highest BCUT2D eigenvalue weighted by Gasteiger charge is 2.43. The number of aliphatic hydroxyl groups is 1. The van der Waals surface area contributed by atoms with Crippen molar-refractivity contribution in [3.63, 3.8) is 0 Å². The van der Waals surface area contributed by atoms with E-state index in [1.165, 1.54) is 6.92 Å². The van der Waals surface area contributed by atoms with E-state index in [0.717, 1.165) is 22.1 Å². The molecule has 198 valence electrons. The third-order valence-corrected chi connectivity index (χ3v) is 7.18. The number of rotatable bonds is 5. The van der Waals surface area contributed by atoms with E-state index in [2.05, 4.69) is 5.32 Å². The molecule has 4 aromatic rings. The number of carbonyl (C=O) groups is 2. The number of anilines is 1. The molecule has 2 aromatic carbocycles. The van der Waals surface area contributed by atoms with Gasteiger partial charge in [-0.2, -0.15) is 0 Å². The Balaban J connectivity index is 1.38. The molecule has 10 heteroatoms. The Kier molecular flexibility index (Phi) is 5.93. The van der Waals surface area contributed by atoms with Gasteiger partial charge < -0.3 is 23.9 Å². The second kappa shape index (κ2) is 9.33. The Hall–Kier alpha value is -4.54. The summed E-state index contributed by atoms with van der Waals surface area (Å²) < 4.78 is 17.5. The summed E-state index contributed by atoms with van der Waals surface area (Å²) in [5, 5.41) is 14.3. The van der Waals surface area contributed by atoms with Gasteiger partial charge in [-0.25, -0.2) is 14.6 Å². The Labute approximate surface area is 222 Å². The number of nitrogens with one attached hydrogen (secondary N) is 1. The topological polar surface area (TPSA) is 129 Å². The summed E-state index contributed by atoms with van der Waals surface area (Å²) in [6.07, 6.45) is -0.589. The molecule has 2 N–H and O–H groups in total. The number of fused-ring (bicyclic) bond motifs is 5. The fourth-order valence-electron chi connectivity index (χ4n) is 5.18. The molecule has 0 fully saturated rings. The van der Waals surface area contributed by atoms with Gasteiger partial charge in [0.2, 0.25) is 0 Å². The van der Waals surface area contributed by atoms with E-state index in [1.54, 1.807) is 35.9 Å². The zero-order valence-electron chi connectivity index (χ0n) is 21.3. The first-order chi connectivity index (χ1) is 18.8. The van der Waals surface area contributed by atoms with Crippen LogP contribution >= 0.6 is 0 Å². The molecule has 2 aliphatic heterocycles. The summed E-state index contributed by atoms with van der Waals surface area (Å²) in [5.41, 5.74) is 2.92. The van der Waals surface area contributed by atoms with Crippen LogP contribution in [0, 0.1) is 0 Å². The average Bonchev–Trinajstić information content (AvgIpc) is 3.30. The minimum Gasteiger partial charge on any atom is -0.458 e. The summed E-state index contributed by atoms with van der Waals surface area (Å²) in [6, 6.07) is 16.3. The number of methoxy groups -OCH3 is 1. The molecule has 6 rings (SSSR count). The van der Waals surface area contributed by atoms with Crippen molar-refractivity contribution in [3.05, 3.63) is 92.8 Å². The molecule has 4 heterocycles. The Bertz CT molecular complexity index is 1710. The summed E-state index contributed by atoms with van der Waals surface area (Å²) in [5.74, 6) is -0.800. The van der Waals surface area contributed by atoms with E-state index in [-0.39, 0.29) is 43.1 Å². The van der Waals surface area contributed by atoms with Crippen LogP contribution in [0.4, 0.5) is 10.5 Å². The smallest absolute Gasteiger partial charge is 0.411 e. The third kappa shape index (κ3) is 4.14. The highest BCUT2D eigenvalue weighted by Crippen LogP contribution is 2.39. The summed E-state index contributed by atoms with van der Waals surface area (Å²) in [4.78, 5) is 42.9. The van der Waals surface area contributed by atoms with E-state index in [0.29, 0.717) is 22.6 Å². The van der Waals surface area contributed by atoms with Gasteiger partial charge in [-0.3, -0.25) is 10.1 Å². The van der Waals surface area contributed by atoms with E-state index < -0.39 is 17.7 Å². The lowest BCUT2D eigenvalue weighted by molar-refractivity contribution is -0.169. The summed E-state index contributed by atoms with van der Waals surface area (Å²) >= 11 is 0. The molecule has 10 nitrogen and oxygen atoms in total. The van der Waals surface area contributed by atoms with Gasteiger partial charge in [0.25, 0.3) is 5.56 Å². The molecule has 0 saturated carbocycles. The van der Waals surface area contributed by atoms with Crippen molar-refractivity contribution in [3.8, 4) is 11.4 Å². The minimum absolute atomic E-state index is 0.144. The maximum absolute atomic E-state index is 13.4. The lowest BCUT2D eigenvalue weighted by Gasteiger charge is -2.29. The Morgan fingerprint density at radius 3 is 2.69 bits per heavy atom. The molecular formula is C29H25N3O7. The zero-order valence-corrected chi connectivity index (χ0v) is 21.3. The van der Waals surface area contributed by atoms with Crippen LogP contribution in [-0.4, -0.2) is 33.8 Å². The van der Waals surface area contributed by atoms with Gasteiger partial charge in [-0.15, -0.1) is 0 Å². The third-order valence-electron chi connectivity index (χ3n) is 7.18. The van der Waals surface area contributed by atoms with Crippen molar-refractivity contribution >= 4 is 28.7 Å². The average molecular weight is 528 g/mol. The molecule has 0 spiro atoms. The Morgan fingerprint density at radius 1 is 1.13 bits per heavy atom. The maximum Gasteiger partial charge on any atom is 0.411 e. The molecule has 39 heavy (non-hydrogen) atoms. The number of hydrogen-bond donors (Lipinski definition) is 2. The van der Waals surface area contributed by atoms with Crippen molar-refractivity contribution in [2.45, 2.75) is 38.9 Å². The van der Waals surface area contributed by atoms with Gasteiger partial charge in [-0.05, 0) is 42.3 Å². The molecule has 2 aromatic heterocycles. The minimum atomic E-state index is -1.94. The summed E-state index contributed by atoms with van der Waals surface area (Å²) in [7, 11) is 1.58. The predicted octanol–water partition coefficient (Wildman–Crippen LogP) is 3.58. The molecular weight excluding hydrogens is 502 g/mol. The van der Waals surface area contributed by atoms with Gasteiger partial charge >= 0.3 is 12.1 Å². The van der Waals surface area contributed by atoms with Crippen LogP contribution in [0.3, 0.4) is 0 Å². The number of aromatic nitrogens is 2. The van der Waals surface area contributed by atoms with Gasteiger partial charge in [0.05, 0.1) is 35.6 Å². The van der Waals surface area contributed by atoms with Crippen molar-refractivity contribution in [2.24, 2.45) is 0 Å². The van der Waals surface area contributed by atoms with Crippen molar-refractivity contribution in [1.29, 1.82) is 0 Å². The van der Waals surface area contributed by atoms with E-state index in [4.69, 9.17) is 19.2 Å². The number of esters is 1. The van der Waals surface area contributed by atoms with E-state index in [9.17, 15) is 19.5 Å². The lowest BCUT2D eigenvalue weighted by Crippen LogP contribution is -2.42. The predicted molar refractivity (Wildman–Crippen MR) is 141 cm³/mol. The quantitative estimate of drug-likeness (QED) is 0.332. The van der Waals surface area contributed by atoms with Crippen LogP contribution in [-0.2, 0) is 51.0 Å². The fourth-order valence-corrected chi connectivity index (χ4v) is 5.18. The largest absolute Gasteiger partial charge is 0.458 e. The van der Waals surface area contributed by atoms with Crippen molar-refractivity contribution in [2.75, 3.05) is 12.4 Å². The van der Waals surface area contributed by atoms with Crippen molar-refractivity contribution in [1.82, 2.24) is 9.55 Å². The summed E-state index contributed by atoms with van der Waals surface area (Å²) in [6.45, 7) is 1.75. The van der Waals surface area contributed by atoms with Crippen LogP contribution in [0.15, 0.2) is 59.4 Å². The molecule has 1 atom stereocenters. The van der Waals surface area contributed by atoms with Crippen LogP contribution in [0.1, 0.15) is 34.7 Å². The Morgan fingerprint density at radius 2 is 1.92 bits per heavy atom. The van der Waals surface area contributed by atoms with Crippen molar-refractivity contribution < 1.29 is 28.9 Å².